The van der Waals surface area contributed by atoms with Crippen LogP contribution >= 0.6 is 11.6 Å². The van der Waals surface area contributed by atoms with E-state index in [2.05, 4.69) is 5.32 Å². The highest BCUT2D eigenvalue weighted by Crippen LogP contribution is 2.39. The molecule has 0 aromatic heterocycles. The van der Waals surface area contributed by atoms with E-state index < -0.39 is 33.4 Å². The molecule has 2 aliphatic rings. The van der Waals surface area contributed by atoms with Crippen LogP contribution in [-0.4, -0.2) is 80.1 Å². The first-order valence-corrected chi connectivity index (χ1v) is 15.5. The summed E-state index contributed by atoms with van der Waals surface area (Å²) >= 11 is 6.50. The third-order valence-electron chi connectivity index (χ3n) is 7.50. The molecule has 0 saturated carbocycles. The fourth-order valence-corrected chi connectivity index (χ4v) is 6.06. The molecule has 2 aromatic rings. The summed E-state index contributed by atoms with van der Waals surface area (Å²) in [6, 6.07) is 15.4. The lowest BCUT2D eigenvalue weighted by atomic mass is 9.86. The van der Waals surface area contributed by atoms with Crippen molar-refractivity contribution in [3.63, 3.8) is 0 Å². The van der Waals surface area contributed by atoms with Crippen molar-refractivity contribution in [1.29, 1.82) is 0 Å². The maximum Gasteiger partial charge on any atom is 0.258 e. The highest BCUT2D eigenvalue weighted by molar-refractivity contribution is 7.93. The van der Waals surface area contributed by atoms with Crippen LogP contribution in [0, 0.1) is 5.92 Å². The first-order valence-electron chi connectivity index (χ1n) is 13.1. The smallest absolute Gasteiger partial charge is 0.258 e. The Kier molecular flexibility index (Phi) is 8.99. The van der Waals surface area contributed by atoms with Crippen molar-refractivity contribution in [2.24, 2.45) is 5.92 Å². The lowest BCUT2D eigenvalue weighted by Gasteiger charge is -2.37. The van der Waals surface area contributed by atoms with Gasteiger partial charge in [0.15, 0.2) is 15.5 Å². The van der Waals surface area contributed by atoms with Crippen LogP contribution in [0.3, 0.4) is 0 Å². The number of rotatable bonds is 7. The molecular formula is C29H33ClFN3O5S. The normalized spacial score (nSPS) is 21.8. The molecule has 2 aromatic carbocycles. The number of nitrogens with zero attached hydrogens (tertiary/aromatic N) is 2. The number of amides is 3. The molecule has 1 N–H and O–H groups in total. The van der Waals surface area contributed by atoms with Crippen LogP contribution in [0.4, 0.5) is 4.39 Å². The van der Waals surface area contributed by atoms with Crippen LogP contribution < -0.4 is 5.32 Å². The average molecular weight is 590 g/mol. The van der Waals surface area contributed by atoms with Crippen molar-refractivity contribution in [3.8, 4) is 0 Å². The molecule has 0 radical (unpaired) electrons. The van der Waals surface area contributed by atoms with Gasteiger partial charge in [-0.05, 0) is 30.7 Å². The van der Waals surface area contributed by atoms with E-state index in [0.29, 0.717) is 17.1 Å². The molecule has 0 spiro atoms. The lowest BCUT2D eigenvalue weighted by molar-refractivity contribution is -0.144. The largest absolute Gasteiger partial charge is 0.347 e. The molecule has 2 heterocycles. The van der Waals surface area contributed by atoms with Gasteiger partial charge in [0, 0.05) is 73.2 Å². The zero-order valence-corrected chi connectivity index (χ0v) is 24.0. The molecule has 2 fully saturated rings. The molecular weight excluding hydrogens is 557 g/mol. The van der Waals surface area contributed by atoms with Gasteiger partial charge in [-0.1, -0.05) is 54.1 Å². The highest BCUT2D eigenvalue weighted by Gasteiger charge is 2.47. The van der Waals surface area contributed by atoms with Crippen molar-refractivity contribution in [1.82, 2.24) is 15.1 Å². The first kappa shape index (κ1) is 29.7. The molecule has 2 aliphatic heterocycles. The van der Waals surface area contributed by atoms with E-state index in [4.69, 9.17) is 11.6 Å². The Balaban J connectivity index is 1.46. The Labute approximate surface area is 239 Å². The van der Waals surface area contributed by atoms with E-state index in [9.17, 15) is 22.8 Å². The number of piperidine rings is 1. The quantitative estimate of drug-likeness (QED) is 0.532. The van der Waals surface area contributed by atoms with Gasteiger partial charge in [0.25, 0.3) is 11.8 Å². The molecule has 0 bridgehead atoms. The Morgan fingerprint density at radius 2 is 1.65 bits per heavy atom. The first-order chi connectivity index (χ1) is 18.9. The summed E-state index contributed by atoms with van der Waals surface area (Å²) in [5, 5.41) is 3.98. The summed E-state index contributed by atoms with van der Waals surface area (Å²) in [6.07, 6.45) is 1.93. The summed E-state index contributed by atoms with van der Waals surface area (Å²) < 4.78 is 38.2. The van der Waals surface area contributed by atoms with Crippen LogP contribution in [0.25, 0.3) is 0 Å². The van der Waals surface area contributed by atoms with Gasteiger partial charge in [-0.2, -0.15) is 0 Å². The maximum absolute atomic E-state index is 15.6. The number of nitrogens with one attached hydrogen (secondary N) is 1. The second-order valence-corrected chi connectivity index (χ2v) is 12.9. The lowest BCUT2D eigenvalue weighted by Crippen LogP contribution is -2.54. The van der Waals surface area contributed by atoms with E-state index in [0.717, 1.165) is 17.2 Å². The molecule has 11 heteroatoms. The van der Waals surface area contributed by atoms with Gasteiger partial charge >= 0.3 is 0 Å². The predicted molar refractivity (Wildman–Crippen MR) is 151 cm³/mol. The topological polar surface area (TPSA) is 104 Å². The standard InChI is InChI=1S/C29H33ClFN3O5S/c1-20(12-17-40(2,38)39)32-28(37)29(31)13-15-33(16-14-29)27(36)24-19-34(26(35)21-8-4-3-5-9-21)18-23(24)22-10-6-7-11-25(22)30/h3-12,17,20,23-24H,13-16,18-19H2,1-2H3,(H,32,37)/b17-12-/t20-,23+,24+/m1/s1. The second kappa shape index (κ2) is 12.1. The number of carbonyl (C=O) groups is 3. The number of halogens is 2. The number of hydrogen-bond acceptors (Lipinski definition) is 5. The van der Waals surface area contributed by atoms with Crippen LogP contribution in [0.1, 0.15) is 41.6 Å². The maximum atomic E-state index is 15.6. The third kappa shape index (κ3) is 6.90. The molecule has 3 amide bonds. The van der Waals surface area contributed by atoms with Crippen molar-refractivity contribution in [2.45, 2.75) is 37.4 Å². The van der Waals surface area contributed by atoms with E-state index in [1.54, 1.807) is 53.1 Å². The average Bonchev–Trinajstić information content (AvgIpc) is 3.37. The monoisotopic (exact) mass is 589 g/mol. The molecule has 4 rings (SSSR count). The van der Waals surface area contributed by atoms with E-state index in [1.165, 1.54) is 6.08 Å². The number of carbonyl (C=O) groups excluding carboxylic acids is 3. The zero-order valence-electron chi connectivity index (χ0n) is 22.4. The van der Waals surface area contributed by atoms with Crippen molar-refractivity contribution < 1.29 is 27.2 Å². The SMILES string of the molecule is C[C@H](/C=C\S(C)(=O)=O)NC(=O)C1(F)CCN(C(=O)[C@H]2CN(C(=O)c3ccccc3)C[C@H]2c2ccccc2Cl)CC1. The van der Waals surface area contributed by atoms with Crippen molar-refractivity contribution in [3.05, 3.63) is 82.2 Å². The molecule has 3 atom stereocenters. The van der Waals surface area contributed by atoms with Crippen LogP contribution in [0.5, 0.6) is 0 Å². The van der Waals surface area contributed by atoms with Gasteiger partial charge in [-0.15, -0.1) is 0 Å². The summed E-state index contributed by atoms with van der Waals surface area (Å²) in [5.41, 5.74) is -0.879. The molecule has 2 saturated heterocycles. The third-order valence-corrected chi connectivity index (χ3v) is 8.49. The summed E-state index contributed by atoms with van der Waals surface area (Å²) in [6.45, 7) is 2.14. The van der Waals surface area contributed by atoms with E-state index in [-0.39, 0.29) is 50.2 Å². The number of hydrogen-bond donors (Lipinski definition) is 1. The van der Waals surface area contributed by atoms with Crippen LogP contribution in [0.15, 0.2) is 66.1 Å². The zero-order chi connectivity index (χ0) is 29.1. The Morgan fingerprint density at radius 3 is 2.27 bits per heavy atom. The number of likely N-dealkylation sites (tertiary alicyclic amines) is 2. The van der Waals surface area contributed by atoms with Gasteiger partial charge in [0.2, 0.25) is 5.91 Å². The Hall–Kier alpha value is -3.24. The van der Waals surface area contributed by atoms with Crippen molar-refractivity contribution >= 4 is 39.2 Å². The van der Waals surface area contributed by atoms with Crippen LogP contribution in [-0.2, 0) is 19.4 Å². The van der Waals surface area contributed by atoms with Gasteiger partial charge in [0.05, 0.1) is 5.92 Å². The predicted octanol–water partition coefficient (Wildman–Crippen LogP) is 3.59. The minimum absolute atomic E-state index is 0.0364. The molecule has 0 aliphatic carbocycles. The Morgan fingerprint density at radius 1 is 1.02 bits per heavy atom. The number of sulfone groups is 1. The fourth-order valence-electron chi connectivity index (χ4n) is 5.26. The minimum Gasteiger partial charge on any atom is -0.347 e. The second-order valence-electron chi connectivity index (χ2n) is 10.5. The van der Waals surface area contributed by atoms with Crippen LogP contribution in [0.2, 0.25) is 5.02 Å². The van der Waals surface area contributed by atoms with Gasteiger partial charge in [-0.3, -0.25) is 14.4 Å². The molecule has 40 heavy (non-hydrogen) atoms. The van der Waals surface area contributed by atoms with Gasteiger partial charge in [0.1, 0.15) is 0 Å². The van der Waals surface area contributed by atoms with E-state index in [1.807, 2.05) is 18.2 Å². The highest BCUT2D eigenvalue weighted by atomic mass is 35.5. The molecule has 8 nitrogen and oxygen atoms in total. The number of benzene rings is 2. The fraction of sp³-hybridized carbons (Fsp3) is 0.414. The van der Waals surface area contributed by atoms with Gasteiger partial charge < -0.3 is 15.1 Å². The molecule has 214 valence electrons. The summed E-state index contributed by atoms with van der Waals surface area (Å²) in [5.74, 6) is -2.13. The van der Waals surface area contributed by atoms with Crippen molar-refractivity contribution in [2.75, 3.05) is 32.4 Å². The number of alkyl halides is 1. The van der Waals surface area contributed by atoms with Gasteiger partial charge in [-0.25, -0.2) is 12.8 Å². The summed E-state index contributed by atoms with van der Waals surface area (Å²) in [7, 11) is -3.38. The molecule has 0 unspecified atom stereocenters. The minimum atomic E-state index is -3.38. The Bertz CT molecular complexity index is 1390. The summed E-state index contributed by atoms with van der Waals surface area (Å²) in [4.78, 5) is 42.9. The van der Waals surface area contributed by atoms with E-state index >= 15 is 4.39 Å².